The summed E-state index contributed by atoms with van der Waals surface area (Å²) in [5, 5.41) is 20.4. The fourth-order valence-corrected chi connectivity index (χ4v) is 5.92. The molecule has 12 heteroatoms. The van der Waals surface area contributed by atoms with E-state index in [4.69, 9.17) is 26.2 Å². The van der Waals surface area contributed by atoms with E-state index in [1.165, 1.54) is 7.11 Å². The van der Waals surface area contributed by atoms with E-state index in [0.717, 1.165) is 28.1 Å². The number of benzene rings is 3. The molecule has 4 aromatic rings. The van der Waals surface area contributed by atoms with Crippen LogP contribution in [0.5, 0.6) is 5.75 Å². The zero-order valence-electron chi connectivity index (χ0n) is 25.9. The van der Waals surface area contributed by atoms with Gasteiger partial charge in [-0.05, 0) is 61.2 Å². The van der Waals surface area contributed by atoms with E-state index in [1.807, 2.05) is 42.5 Å². The summed E-state index contributed by atoms with van der Waals surface area (Å²) in [4.78, 5) is 51.7. The second-order valence-corrected chi connectivity index (χ2v) is 11.6. The van der Waals surface area contributed by atoms with Gasteiger partial charge in [-0.3, -0.25) is 14.4 Å². The number of ether oxygens (including phenoxy) is 2. The van der Waals surface area contributed by atoms with E-state index in [-0.39, 0.29) is 6.42 Å². The number of carboxylic acids is 1. The lowest BCUT2D eigenvalue weighted by Crippen LogP contribution is -2.54. The van der Waals surface area contributed by atoms with Crippen molar-refractivity contribution in [2.45, 2.75) is 50.1 Å². The van der Waals surface area contributed by atoms with Gasteiger partial charge < -0.3 is 25.2 Å². The van der Waals surface area contributed by atoms with Gasteiger partial charge in [-0.1, -0.05) is 54.1 Å². The second kappa shape index (κ2) is 15.0. The molecule has 0 fully saturated rings. The summed E-state index contributed by atoms with van der Waals surface area (Å²) in [5.74, 6) is -3.41. The van der Waals surface area contributed by atoms with Gasteiger partial charge in [0.15, 0.2) is 0 Å². The number of carboxylic acid groups (broad SMARTS) is 1. The van der Waals surface area contributed by atoms with Crippen molar-refractivity contribution in [3.8, 4) is 22.7 Å². The van der Waals surface area contributed by atoms with Crippen molar-refractivity contribution in [3.05, 3.63) is 101 Å². The highest BCUT2D eigenvalue weighted by Crippen LogP contribution is 2.39. The van der Waals surface area contributed by atoms with Crippen molar-refractivity contribution < 1.29 is 33.8 Å². The maximum Gasteiger partial charge on any atom is 0.328 e. The van der Waals surface area contributed by atoms with E-state index in [1.54, 1.807) is 48.2 Å². The minimum atomic E-state index is -1.45. The molecule has 0 bridgehead atoms. The summed E-state index contributed by atoms with van der Waals surface area (Å²) in [6.45, 7) is 0. The number of fused-ring (bicyclic) bond motifs is 1. The third-order valence-corrected chi connectivity index (χ3v) is 8.36. The number of hydrogen-bond acceptors (Lipinski definition) is 7. The first kappa shape index (κ1) is 33.2. The van der Waals surface area contributed by atoms with Crippen molar-refractivity contribution in [3.63, 3.8) is 0 Å². The summed E-state index contributed by atoms with van der Waals surface area (Å²) < 4.78 is 12.0. The Hall–Kier alpha value is -5.16. The van der Waals surface area contributed by atoms with Crippen LogP contribution in [-0.2, 0) is 36.8 Å². The minimum Gasteiger partial charge on any atom is -0.497 e. The molecule has 244 valence electrons. The molecule has 1 heterocycles. The number of methoxy groups -OCH3 is 2. The van der Waals surface area contributed by atoms with Gasteiger partial charge >= 0.3 is 11.9 Å². The number of hydrogen-bond donors (Lipinski definition) is 3. The number of aromatic nitrogens is 2. The molecule has 5 rings (SSSR count). The van der Waals surface area contributed by atoms with E-state index >= 15 is 0 Å². The molecule has 3 aromatic carbocycles. The molecule has 3 atom stereocenters. The van der Waals surface area contributed by atoms with E-state index in [0.29, 0.717) is 35.7 Å². The number of carbonyl (C=O) groups is 4. The molecule has 1 aliphatic rings. The van der Waals surface area contributed by atoms with Gasteiger partial charge in [-0.15, -0.1) is 0 Å². The second-order valence-electron chi connectivity index (χ2n) is 11.2. The Morgan fingerprint density at radius 3 is 2.30 bits per heavy atom. The van der Waals surface area contributed by atoms with E-state index < -0.39 is 48.2 Å². The molecule has 0 saturated carbocycles. The van der Waals surface area contributed by atoms with Crippen molar-refractivity contribution in [2.75, 3.05) is 14.2 Å². The number of halogens is 1. The SMILES string of the molecule is COC(=O)C(Cc1ccccc1)NC(=O)C(CC(=O)O)NC(=O)C1CCCc2c1nn(-c1ccc(OC)cc1)c2-c1ccc(Cl)cc1. The van der Waals surface area contributed by atoms with Gasteiger partial charge in [0, 0.05) is 22.6 Å². The molecule has 1 aliphatic carbocycles. The van der Waals surface area contributed by atoms with E-state index in [9.17, 15) is 24.3 Å². The summed E-state index contributed by atoms with van der Waals surface area (Å²) >= 11 is 6.19. The quantitative estimate of drug-likeness (QED) is 0.189. The maximum atomic E-state index is 13.9. The number of amides is 2. The molecule has 0 spiro atoms. The Balaban J connectivity index is 1.44. The van der Waals surface area contributed by atoms with Crippen molar-refractivity contribution in [1.82, 2.24) is 20.4 Å². The molecule has 2 amide bonds. The number of nitrogens with one attached hydrogen (secondary N) is 2. The average Bonchev–Trinajstić information content (AvgIpc) is 3.47. The standard InChI is InChI=1S/C35H35ClN4O7/c1-46-25-17-15-24(16-18-25)40-32(22-11-13-23(36)14-12-22)26-9-6-10-27(31(26)39-40)33(43)37-28(20-30(41)42)34(44)38-29(35(45)47-2)19-21-7-4-3-5-8-21/h3-5,7-8,11-18,27-29H,6,9-10,19-20H2,1-2H3,(H,37,43)(H,38,44)(H,41,42). The van der Waals surface area contributed by atoms with Gasteiger partial charge in [-0.2, -0.15) is 5.10 Å². The predicted octanol–water partition coefficient (Wildman–Crippen LogP) is 4.48. The summed E-state index contributed by atoms with van der Waals surface area (Å²) in [5.41, 5.74) is 4.60. The van der Waals surface area contributed by atoms with Gasteiger partial charge in [0.2, 0.25) is 11.8 Å². The van der Waals surface area contributed by atoms with Crippen LogP contribution in [0, 0.1) is 0 Å². The van der Waals surface area contributed by atoms with Crippen molar-refractivity contribution in [2.24, 2.45) is 0 Å². The molecule has 3 unspecified atom stereocenters. The van der Waals surface area contributed by atoms with Crippen LogP contribution in [0.4, 0.5) is 0 Å². The molecule has 3 N–H and O–H groups in total. The molecule has 0 aliphatic heterocycles. The van der Waals surface area contributed by atoms with E-state index in [2.05, 4.69) is 10.6 Å². The Morgan fingerprint density at radius 2 is 1.66 bits per heavy atom. The average molecular weight is 659 g/mol. The van der Waals surface area contributed by atoms with Gasteiger partial charge in [0.1, 0.15) is 17.8 Å². The zero-order chi connectivity index (χ0) is 33.5. The van der Waals surface area contributed by atoms with Crippen LogP contribution in [0.3, 0.4) is 0 Å². The first-order valence-electron chi connectivity index (χ1n) is 15.1. The van der Waals surface area contributed by atoms with Crippen LogP contribution in [0.2, 0.25) is 5.02 Å². The monoisotopic (exact) mass is 658 g/mol. The van der Waals surface area contributed by atoms with Crippen LogP contribution in [0.25, 0.3) is 16.9 Å². The fraction of sp³-hybridized carbons (Fsp3) is 0.286. The first-order valence-corrected chi connectivity index (χ1v) is 15.5. The lowest BCUT2D eigenvalue weighted by molar-refractivity contribution is -0.145. The van der Waals surface area contributed by atoms with Crippen molar-refractivity contribution >= 4 is 35.4 Å². The fourth-order valence-electron chi connectivity index (χ4n) is 5.80. The van der Waals surface area contributed by atoms with Gasteiger partial charge in [0.25, 0.3) is 0 Å². The predicted molar refractivity (Wildman–Crippen MR) is 175 cm³/mol. The number of aliphatic carboxylic acids is 1. The molecule has 0 radical (unpaired) electrons. The Labute approximate surface area is 276 Å². The molecule has 47 heavy (non-hydrogen) atoms. The Kier molecular flexibility index (Phi) is 10.6. The smallest absolute Gasteiger partial charge is 0.328 e. The van der Waals surface area contributed by atoms with Crippen LogP contribution >= 0.6 is 11.6 Å². The molecular formula is C35H35ClN4O7. The molecule has 11 nitrogen and oxygen atoms in total. The Bertz CT molecular complexity index is 1740. The number of carbonyl (C=O) groups excluding carboxylic acids is 3. The van der Waals surface area contributed by atoms with Crippen LogP contribution in [0.1, 0.15) is 42.0 Å². The largest absolute Gasteiger partial charge is 0.497 e. The molecule has 1 aromatic heterocycles. The maximum absolute atomic E-state index is 13.9. The normalized spacial score (nSPS) is 15.1. The topological polar surface area (TPSA) is 149 Å². The third kappa shape index (κ3) is 7.81. The first-order chi connectivity index (χ1) is 22.7. The number of nitrogens with zero attached hydrogens (tertiary/aromatic N) is 2. The van der Waals surface area contributed by atoms with Crippen LogP contribution < -0.4 is 15.4 Å². The zero-order valence-corrected chi connectivity index (χ0v) is 26.7. The lowest BCUT2D eigenvalue weighted by Gasteiger charge is -2.25. The Morgan fingerprint density at radius 1 is 0.957 bits per heavy atom. The van der Waals surface area contributed by atoms with Crippen molar-refractivity contribution in [1.29, 1.82) is 0 Å². The molecule has 0 saturated heterocycles. The van der Waals surface area contributed by atoms with Crippen LogP contribution in [-0.4, -0.2) is 64.9 Å². The van der Waals surface area contributed by atoms with Gasteiger partial charge in [-0.25, -0.2) is 9.48 Å². The van der Waals surface area contributed by atoms with Gasteiger partial charge in [0.05, 0.1) is 43.6 Å². The molecular weight excluding hydrogens is 624 g/mol. The third-order valence-electron chi connectivity index (χ3n) is 8.11. The highest BCUT2D eigenvalue weighted by atomic mass is 35.5. The van der Waals surface area contributed by atoms with Crippen LogP contribution in [0.15, 0.2) is 78.9 Å². The summed E-state index contributed by atoms with van der Waals surface area (Å²) in [7, 11) is 2.79. The highest BCUT2D eigenvalue weighted by Gasteiger charge is 2.36. The summed E-state index contributed by atoms with van der Waals surface area (Å²) in [6.07, 6.45) is 1.20. The number of rotatable bonds is 12. The highest BCUT2D eigenvalue weighted by molar-refractivity contribution is 6.30. The summed E-state index contributed by atoms with van der Waals surface area (Å²) in [6, 6.07) is 21.2. The minimum absolute atomic E-state index is 0.120. The lowest BCUT2D eigenvalue weighted by atomic mass is 9.85. The number of esters is 1.